The molecule has 1 aromatic rings. The molecule has 0 spiro atoms. The summed E-state index contributed by atoms with van der Waals surface area (Å²) >= 11 is 0. The highest BCUT2D eigenvalue weighted by atomic mass is 16.5. The third-order valence-electron chi connectivity index (χ3n) is 2.11. The number of nitrogens with zero attached hydrogens (tertiary/aromatic N) is 3. The first-order valence-corrected chi connectivity index (χ1v) is 5.62. The number of carbonyl (C=O) groups is 2. The Labute approximate surface area is 110 Å². The second kappa shape index (κ2) is 8.16. The minimum absolute atomic E-state index is 0.0971. The average Bonchev–Trinajstić information content (AvgIpc) is 2.82. The summed E-state index contributed by atoms with van der Waals surface area (Å²) in [6, 6.07) is 0. The van der Waals surface area contributed by atoms with Gasteiger partial charge in [0.05, 0.1) is 25.6 Å². The van der Waals surface area contributed by atoms with E-state index in [2.05, 4.69) is 20.4 Å². The van der Waals surface area contributed by atoms with Crippen LogP contribution in [0.2, 0.25) is 0 Å². The first-order chi connectivity index (χ1) is 9.15. The summed E-state index contributed by atoms with van der Waals surface area (Å²) in [5, 5.41) is 12.8. The maximum atomic E-state index is 11.4. The largest absolute Gasteiger partial charge is 0.453 e. The third kappa shape index (κ3) is 5.93. The van der Waals surface area contributed by atoms with Crippen LogP contribution in [0.5, 0.6) is 0 Å². The zero-order valence-electron chi connectivity index (χ0n) is 10.9. The van der Waals surface area contributed by atoms with Crippen LogP contribution in [0.25, 0.3) is 0 Å². The van der Waals surface area contributed by atoms with Gasteiger partial charge in [0, 0.05) is 20.2 Å². The Kier molecular flexibility index (Phi) is 6.47. The molecule has 0 saturated carbocycles. The number of hydrogen-bond donors (Lipinski definition) is 2. The van der Waals surface area contributed by atoms with Gasteiger partial charge >= 0.3 is 6.09 Å². The van der Waals surface area contributed by atoms with Crippen molar-refractivity contribution in [2.75, 3.05) is 27.4 Å². The zero-order chi connectivity index (χ0) is 14.1. The van der Waals surface area contributed by atoms with Crippen LogP contribution in [0.1, 0.15) is 5.69 Å². The van der Waals surface area contributed by atoms with Crippen LogP contribution < -0.4 is 10.6 Å². The summed E-state index contributed by atoms with van der Waals surface area (Å²) in [5.41, 5.74) is 0.696. The molecular weight excluding hydrogens is 254 g/mol. The summed E-state index contributed by atoms with van der Waals surface area (Å²) in [4.78, 5) is 22.2. The lowest BCUT2D eigenvalue weighted by Gasteiger charge is -2.01. The van der Waals surface area contributed by atoms with Gasteiger partial charge in [0.15, 0.2) is 0 Å². The van der Waals surface area contributed by atoms with Crippen LogP contribution in [0, 0.1) is 0 Å². The Hall–Kier alpha value is -2.00. The molecule has 2 amide bonds. The first-order valence-electron chi connectivity index (χ1n) is 5.62. The summed E-state index contributed by atoms with van der Waals surface area (Å²) in [6.07, 6.45) is 0.822. The molecule has 106 valence electrons. The Balaban J connectivity index is 2.33. The van der Waals surface area contributed by atoms with Crippen LogP contribution in [-0.4, -0.2) is 54.4 Å². The predicted octanol–water partition coefficient (Wildman–Crippen LogP) is -1.10. The topological polar surface area (TPSA) is 107 Å². The van der Waals surface area contributed by atoms with Crippen LogP contribution in [-0.2, 0) is 27.4 Å². The lowest BCUT2D eigenvalue weighted by Crippen LogP contribution is -2.33. The number of imide groups is 1. The molecular formula is C10H17N5O4. The predicted molar refractivity (Wildman–Crippen MR) is 64.2 cm³/mol. The smallest absolute Gasteiger partial charge is 0.413 e. The minimum Gasteiger partial charge on any atom is -0.453 e. The van der Waals surface area contributed by atoms with Crippen molar-refractivity contribution in [1.82, 2.24) is 25.6 Å². The van der Waals surface area contributed by atoms with E-state index in [0.29, 0.717) is 25.4 Å². The molecule has 0 atom stereocenters. The van der Waals surface area contributed by atoms with Gasteiger partial charge in [-0.05, 0) is 0 Å². The van der Waals surface area contributed by atoms with Gasteiger partial charge in [-0.15, -0.1) is 5.10 Å². The maximum absolute atomic E-state index is 11.4. The quantitative estimate of drug-likeness (QED) is 0.606. The van der Waals surface area contributed by atoms with Gasteiger partial charge in [0.2, 0.25) is 0 Å². The van der Waals surface area contributed by atoms with Gasteiger partial charge < -0.3 is 14.8 Å². The summed E-state index contributed by atoms with van der Waals surface area (Å²) < 4.78 is 10.5. The first kappa shape index (κ1) is 15.1. The SMILES string of the molecule is COCCNCc1cn(CC(=O)NC(=O)OC)nn1. The van der Waals surface area contributed by atoms with E-state index < -0.39 is 12.0 Å². The highest BCUT2D eigenvalue weighted by molar-refractivity contribution is 5.91. The molecule has 0 bridgehead atoms. The van der Waals surface area contributed by atoms with Gasteiger partial charge in [-0.25, -0.2) is 9.48 Å². The fourth-order valence-electron chi connectivity index (χ4n) is 1.24. The molecule has 1 heterocycles. The van der Waals surface area contributed by atoms with E-state index in [1.165, 1.54) is 11.8 Å². The van der Waals surface area contributed by atoms with Gasteiger partial charge in [0.1, 0.15) is 6.54 Å². The van der Waals surface area contributed by atoms with Crippen molar-refractivity contribution in [1.29, 1.82) is 0 Å². The molecule has 0 unspecified atom stereocenters. The van der Waals surface area contributed by atoms with Gasteiger partial charge in [-0.3, -0.25) is 10.1 Å². The molecule has 0 fully saturated rings. The highest BCUT2D eigenvalue weighted by Crippen LogP contribution is 1.92. The second-order valence-corrected chi connectivity index (χ2v) is 3.62. The molecule has 0 aliphatic heterocycles. The van der Waals surface area contributed by atoms with E-state index in [1.807, 2.05) is 5.32 Å². The average molecular weight is 271 g/mol. The number of rotatable bonds is 7. The van der Waals surface area contributed by atoms with Crippen LogP contribution in [0.4, 0.5) is 4.79 Å². The van der Waals surface area contributed by atoms with Crippen molar-refractivity contribution >= 4 is 12.0 Å². The minimum atomic E-state index is -0.799. The van der Waals surface area contributed by atoms with Crippen molar-refractivity contribution in [3.05, 3.63) is 11.9 Å². The van der Waals surface area contributed by atoms with E-state index in [9.17, 15) is 9.59 Å². The Bertz CT molecular complexity index is 420. The standard InChI is InChI=1S/C10H17N5O4/c1-18-4-3-11-5-8-6-15(14-13-8)7-9(16)12-10(17)19-2/h6,11H,3-5,7H2,1-2H3,(H,12,16,17). The molecule has 1 rings (SSSR count). The number of hydrogen-bond acceptors (Lipinski definition) is 7. The van der Waals surface area contributed by atoms with Gasteiger partial charge in [-0.2, -0.15) is 0 Å². The molecule has 0 aromatic carbocycles. The molecule has 2 N–H and O–H groups in total. The molecule has 0 saturated heterocycles. The summed E-state index contributed by atoms with van der Waals surface area (Å²) in [5.74, 6) is -0.518. The Morgan fingerprint density at radius 1 is 1.42 bits per heavy atom. The monoisotopic (exact) mass is 271 g/mol. The number of carbonyl (C=O) groups excluding carboxylic acids is 2. The lowest BCUT2D eigenvalue weighted by molar-refractivity contribution is -0.121. The number of ether oxygens (including phenoxy) is 2. The number of nitrogens with one attached hydrogen (secondary N) is 2. The van der Waals surface area contributed by atoms with E-state index in [-0.39, 0.29) is 6.54 Å². The number of aromatic nitrogens is 3. The van der Waals surface area contributed by atoms with Crippen LogP contribution in [0.3, 0.4) is 0 Å². The Morgan fingerprint density at radius 3 is 2.89 bits per heavy atom. The number of methoxy groups -OCH3 is 2. The molecule has 0 aliphatic carbocycles. The van der Waals surface area contributed by atoms with Crippen molar-refractivity contribution in [3.63, 3.8) is 0 Å². The number of amides is 2. The molecule has 9 nitrogen and oxygen atoms in total. The van der Waals surface area contributed by atoms with E-state index in [4.69, 9.17) is 4.74 Å². The molecule has 9 heteroatoms. The van der Waals surface area contributed by atoms with Crippen molar-refractivity contribution < 1.29 is 19.1 Å². The number of alkyl carbamates (subject to hydrolysis) is 1. The molecule has 19 heavy (non-hydrogen) atoms. The fourth-order valence-corrected chi connectivity index (χ4v) is 1.24. The zero-order valence-corrected chi connectivity index (χ0v) is 10.9. The van der Waals surface area contributed by atoms with Crippen molar-refractivity contribution in [2.45, 2.75) is 13.1 Å². The normalized spacial score (nSPS) is 10.2. The molecule has 0 aliphatic rings. The molecule has 0 radical (unpaired) electrons. The maximum Gasteiger partial charge on any atom is 0.413 e. The van der Waals surface area contributed by atoms with Gasteiger partial charge in [-0.1, -0.05) is 5.21 Å². The third-order valence-corrected chi connectivity index (χ3v) is 2.11. The second-order valence-electron chi connectivity index (χ2n) is 3.62. The van der Waals surface area contributed by atoms with Crippen LogP contribution in [0.15, 0.2) is 6.20 Å². The molecule has 1 aromatic heterocycles. The van der Waals surface area contributed by atoms with E-state index >= 15 is 0 Å². The lowest BCUT2D eigenvalue weighted by atomic mass is 10.4. The van der Waals surface area contributed by atoms with E-state index in [0.717, 1.165) is 0 Å². The summed E-state index contributed by atoms with van der Waals surface area (Å²) in [7, 11) is 2.81. The van der Waals surface area contributed by atoms with Gasteiger partial charge in [0.25, 0.3) is 5.91 Å². The fraction of sp³-hybridized carbons (Fsp3) is 0.600. The van der Waals surface area contributed by atoms with Crippen LogP contribution >= 0.6 is 0 Å². The Morgan fingerprint density at radius 2 is 2.21 bits per heavy atom. The van der Waals surface area contributed by atoms with Crippen molar-refractivity contribution in [2.24, 2.45) is 0 Å². The highest BCUT2D eigenvalue weighted by Gasteiger charge is 2.09. The van der Waals surface area contributed by atoms with Crippen molar-refractivity contribution in [3.8, 4) is 0 Å². The summed E-state index contributed by atoms with van der Waals surface area (Å²) in [6.45, 7) is 1.74. The van der Waals surface area contributed by atoms with E-state index in [1.54, 1.807) is 13.3 Å².